The van der Waals surface area contributed by atoms with E-state index in [4.69, 9.17) is 0 Å². The van der Waals surface area contributed by atoms with Crippen LogP contribution in [0.3, 0.4) is 0 Å². The van der Waals surface area contributed by atoms with Crippen LogP contribution in [0.4, 0.5) is 0 Å². The molecule has 128 valence electrons. The van der Waals surface area contributed by atoms with Crippen LogP contribution in [-0.2, 0) is 0 Å². The second kappa shape index (κ2) is 7.47. The first kappa shape index (κ1) is 17.2. The highest BCUT2D eigenvalue weighted by Gasteiger charge is 2.50. The predicted molar refractivity (Wildman–Crippen MR) is 99.7 cm³/mol. The first-order valence-corrected chi connectivity index (χ1v) is 9.08. The largest absolute Gasteiger partial charge is 0.301 e. The highest BCUT2D eigenvalue weighted by Crippen LogP contribution is 2.36. The van der Waals surface area contributed by atoms with Gasteiger partial charge in [-0.15, -0.1) is 0 Å². The summed E-state index contributed by atoms with van der Waals surface area (Å²) in [6, 6.07) is 22.8. The Kier molecular flexibility index (Phi) is 5.34. The van der Waals surface area contributed by atoms with E-state index in [-0.39, 0.29) is 0 Å². The maximum Gasteiger partial charge on any atom is 0.204 e. The van der Waals surface area contributed by atoms with Gasteiger partial charge in [0.25, 0.3) is 0 Å². The van der Waals surface area contributed by atoms with Crippen molar-refractivity contribution in [2.75, 3.05) is 27.2 Å². The summed E-state index contributed by atoms with van der Waals surface area (Å²) in [6.07, 6.45) is 0.399. The fourth-order valence-electron chi connectivity index (χ4n) is 4.42. The molecule has 1 saturated heterocycles. The number of hydrogen-bond donors (Lipinski definition) is 1. The second-order valence-corrected chi connectivity index (χ2v) is 6.75. The molecule has 1 fully saturated rings. The van der Waals surface area contributed by atoms with E-state index in [1.807, 2.05) is 0 Å². The molecule has 0 radical (unpaired) electrons. The summed E-state index contributed by atoms with van der Waals surface area (Å²) in [7, 11) is 4.63. The van der Waals surface area contributed by atoms with Gasteiger partial charge >= 0.3 is 0 Å². The van der Waals surface area contributed by atoms with Crippen LogP contribution in [0, 0.1) is 0 Å². The lowest BCUT2D eigenvalue weighted by molar-refractivity contribution is -0.940. The molecule has 2 aromatic rings. The normalized spacial score (nSPS) is 27.7. The molecule has 1 N–H and O–H groups in total. The van der Waals surface area contributed by atoms with Crippen molar-refractivity contribution in [2.45, 2.75) is 32.2 Å². The Balaban J connectivity index is 2.05. The van der Waals surface area contributed by atoms with Crippen LogP contribution in [0.1, 0.15) is 37.1 Å². The van der Waals surface area contributed by atoms with Crippen molar-refractivity contribution < 1.29 is 4.90 Å². The predicted octanol–water partition coefficient (Wildman–Crippen LogP) is 2.55. The number of rotatable bonds is 5. The molecule has 4 atom stereocenters. The Labute approximate surface area is 146 Å². The Morgan fingerprint density at radius 3 is 1.88 bits per heavy atom. The van der Waals surface area contributed by atoms with Gasteiger partial charge in [0, 0.05) is 18.7 Å². The fraction of sp³-hybridized carbons (Fsp3) is 0.429. The lowest BCUT2D eigenvalue weighted by Crippen LogP contribution is -3.14. The second-order valence-electron chi connectivity index (χ2n) is 6.75. The molecule has 24 heavy (non-hydrogen) atoms. The van der Waals surface area contributed by atoms with Crippen molar-refractivity contribution in [3.63, 3.8) is 0 Å². The Bertz CT molecular complexity index is 573. The molecular formula is C21H30N3+. The molecular weight excluding hydrogens is 294 g/mol. The molecule has 0 saturated carbocycles. The number of quaternary nitrogens is 1. The summed E-state index contributed by atoms with van der Waals surface area (Å²) in [6.45, 7) is 6.67. The van der Waals surface area contributed by atoms with Gasteiger partial charge < -0.3 is 4.90 Å². The molecule has 2 aromatic carbocycles. The van der Waals surface area contributed by atoms with Crippen LogP contribution in [0.5, 0.6) is 0 Å². The van der Waals surface area contributed by atoms with E-state index in [1.54, 1.807) is 4.90 Å². The quantitative estimate of drug-likeness (QED) is 0.906. The third-order valence-electron chi connectivity index (χ3n) is 5.50. The zero-order chi connectivity index (χ0) is 17.1. The standard InChI is InChI=1S/C21H29N3/c1-5-24(6-2)21-22(3)19(17-13-9-7-10-14-17)20(23(21)4)18-15-11-8-12-16-18/h7-16,19-21H,5-6H2,1-4H3/p+1/t19-,20-/m0/s1. The summed E-state index contributed by atoms with van der Waals surface area (Å²) < 4.78 is 0. The molecule has 0 spiro atoms. The highest BCUT2D eigenvalue weighted by molar-refractivity contribution is 5.27. The topological polar surface area (TPSA) is 10.9 Å². The maximum atomic E-state index is 2.56. The first-order chi connectivity index (χ1) is 11.7. The van der Waals surface area contributed by atoms with Gasteiger partial charge in [0.2, 0.25) is 6.29 Å². The molecule has 0 bridgehead atoms. The number of likely N-dealkylation sites (N-methyl/N-ethyl adjacent to an activating group) is 2. The lowest BCUT2D eigenvalue weighted by atomic mass is 9.93. The molecule has 0 aromatic heterocycles. The van der Waals surface area contributed by atoms with E-state index in [9.17, 15) is 0 Å². The summed E-state index contributed by atoms with van der Waals surface area (Å²) in [5.74, 6) is 0. The molecule has 2 unspecified atom stereocenters. The average molecular weight is 324 g/mol. The number of nitrogens with one attached hydrogen (secondary N) is 1. The minimum atomic E-state index is 0.388. The Morgan fingerprint density at radius 2 is 1.38 bits per heavy atom. The molecule has 3 heteroatoms. The van der Waals surface area contributed by atoms with E-state index in [0.29, 0.717) is 18.4 Å². The van der Waals surface area contributed by atoms with Crippen LogP contribution in [0.15, 0.2) is 60.7 Å². The molecule has 1 aliphatic heterocycles. The van der Waals surface area contributed by atoms with Gasteiger partial charge in [0.15, 0.2) is 0 Å². The Morgan fingerprint density at radius 1 is 0.875 bits per heavy atom. The van der Waals surface area contributed by atoms with Crippen LogP contribution < -0.4 is 4.90 Å². The zero-order valence-electron chi connectivity index (χ0n) is 15.3. The summed E-state index contributed by atoms with van der Waals surface area (Å²) in [5.41, 5.74) is 2.83. The van der Waals surface area contributed by atoms with E-state index in [0.717, 1.165) is 13.1 Å². The van der Waals surface area contributed by atoms with E-state index in [1.165, 1.54) is 11.1 Å². The minimum Gasteiger partial charge on any atom is -0.301 e. The van der Waals surface area contributed by atoms with Crippen molar-refractivity contribution >= 4 is 0 Å². The molecule has 0 aliphatic carbocycles. The monoisotopic (exact) mass is 324 g/mol. The van der Waals surface area contributed by atoms with Gasteiger partial charge in [0.1, 0.15) is 6.04 Å². The summed E-state index contributed by atoms with van der Waals surface area (Å²) in [4.78, 5) is 6.69. The first-order valence-electron chi connectivity index (χ1n) is 9.08. The average Bonchev–Trinajstić information content (AvgIpc) is 2.89. The molecule has 3 rings (SSSR count). The Hall–Kier alpha value is -1.68. The third-order valence-corrected chi connectivity index (χ3v) is 5.50. The molecule has 1 aliphatic rings. The van der Waals surface area contributed by atoms with Gasteiger partial charge in [-0.05, 0) is 12.6 Å². The van der Waals surface area contributed by atoms with Crippen molar-refractivity contribution in [1.82, 2.24) is 9.80 Å². The van der Waals surface area contributed by atoms with Gasteiger partial charge in [-0.25, -0.2) is 9.80 Å². The SMILES string of the molecule is CCN(CC)C1N(C)[C@@H](c2ccccc2)[C@H](c2ccccc2)[NH+]1C. The zero-order valence-corrected chi connectivity index (χ0v) is 15.3. The van der Waals surface area contributed by atoms with Crippen molar-refractivity contribution in [1.29, 1.82) is 0 Å². The van der Waals surface area contributed by atoms with Crippen molar-refractivity contribution in [3.8, 4) is 0 Å². The minimum absolute atomic E-state index is 0.388. The van der Waals surface area contributed by atoms with Crippen LogP contribution in [0.2, 0.25) is 0 Å². The number of hydrogen-bond acceptors (Lipinski definition) is 2. The molecule has 1 heterocycles. The van der Waals surface area contributed by atoms with Crippen LogP contribution >= 0.6 is 0 Å². The van der Waals surface area contributed by atoms with E-state index >= 15 is 0 Å². The van der Waals surface area contributed by atoms with Crippen LogP contribution in [-0.4, -0.2) is 43.3 Å². The smallest absolute Gasteiger partial charge is 0.204 e. The summed E-state index contributed by atoms with van der Waals surface area (Å²) in [5, 5.41) is 0. The molecule has 0 amide bonds. The van der Waals surface area contributed by atoms with Gasteiger partial charge in [-0.2, -0.15) is 0 Å². The highest BCUT2D eigenvalue weighted by atomic mass is 15.6. The summed E-state index contributed by atoms with van der Waals surface area (Å²) >= 11 is 0. The fourth-order valence-corrected chi connectivity index (χ4v) is 4.42. The van der Waals surface area contributed by atoms with Gasteiger partial charge in [-0.1, -0.05) is 74.5 Å². The van der Waals surface area contributed by atoms with Gasteiger partial charge in [0.05, 0.1) is 13.1 Å². The maximum absolute atomic E-state index is 2.56. The van der Waals surface area contributed by atoms with Crippen molar-refractivity contribution in [2.24, 2.45) is 0 Å². The van der Waals surface area contributed by atoms with E-state index < -0.39 is 0 Å². The molecule has 3 nitrogen and oxygen atoms in total. The van der Waals surface area contributed by atoms with Crippen LogP contribution in [0.25, 0.3) is 0 Å². The van der Waals surface area contributed by atoms with Gasteiger partial charge in [-0.3, -0.25) is 0 Å². The lowest BCUT2D eigenvalue weighted by Gasteiger charge is -2.33. The third kappa shape index (κ3) is 3.00. The number of benzene rings is 2. The number of nitrogens with zero attached hydrogens (tertiary/aromatic N) is 2. The van der Waals surface area contributed by atoms with E-state index in [2.05, 4.69) is 98.4 Å². The van der Waals surface area contributed by atoms with Crippen molar-refractivity contribution in [3.05, 3.63) is 71.8 Å².